The van der Waals surface area contributed by atoms with Crippen molar-refractivity contribution in [1.29, 1.82) is 0 Å². The first kappa shape index (κ1) is 18.1. The number of hydrogen-bond donors (Lipinski definition) is 1. The minimum absolute atomic E-state index is 0.0171. The molecule has 152 valence electrons. The molecule has 0 aliphatic heterocycles. The number of hydrogen-bond acceptors (Lipinski definition) is 6. The Hall–Kier alpha value is -2.97. The van der Waals surface area contributed by atoms with Gasteiger partial charge >= 0.3 is 0 Å². The molecule has 0 amide bonds. The quantitative estimate of drug-likeness (QED) is 0.722. The second-order valence-electron chi connectivity index (χ2n) is 8.27. The van der Waals surface area contributed by atoms with Gasteiger partial charge in [-0.2, -0.15) is 15.2 Å². The Bertz CT molecular complexity index is 1180. The molecule has 3 aromatic rings. The van der Waals surface area contributed by atoms with Crippen molar-refractivity contribution in [3.8, 4) is 0 Å². The molecule has 29 heavy (non-hydrogen) atoms. The molecule has 1 N–H and O–H groups in total. The van der Waals surface area contributed by atoms with Crippen LogP contribution in [0.2, 0.25) is 0 Å². The number of anilines is 1. The lowest BCUT2D eigenvalue weighted by Crippen LogP contribution is -2.35. The maximum atomic E-state index is 12.6. The SMILES string of the molecule is Cn1c(NC2CCC(n3nc(C4CC4)ccc3=O)CC2)nc2c(cnn2C)c1=O. The average molecular weight is 395 g/mol. The van der Waals surface area contributed by atoms with Gasteiger partial charge in [0, 0.05) is 32.1 Å². The Balaban J connectivity index is 1.32. The van der Waals surface area contributed by atoms with Crippen LogP contribution in [0.1, 0.15) is 56.2 Å². The summed E-state index contributed by atoms with van der Waals surface area (Å²) in [5, 5.41) is 12.7. The molecule has 2 saturated carbocycles. The normalized spacial score (nSPS) is 22.1. The lowest BCUT2D eigenvalue weighted by molar-refractivity contribution is 0.301. The highest BCUT2D eigenvalue weighted by Crippen LogP contribution is 2.38. The van der Waals surface area contributed by atoms with E-state index in [-0.39, 0.29) is 23.2 Å². The average Bonchev–Trinajstić information content (AvgIpc) is 3.51. The van der Waals surface area contributed by atoms with Crippen molar-refractivity contribution in [2.75, 3.05) is 5.32 Å². The van der Waals surface area contributed by atoms with Gasteiger partial charge in [0.2, 0.25) is 5.95 Å². The number of nitrogens with zero attached hydrogens (tertiary/aromatic N) is 6. The van der Waals surface area contributed by atoms with Gasteiger partial charge in [0.1, 0.15) is 5.39 Å². The van der Waals surface area contributed by atoms with Crippen molar-refractivity contribution in [2.24, 2.45) is 14.1 Å². The van der Waals surface area contributed by atoms with Crippen LogP contribution in [0, 0.1) is 0 Å². The fraction of sp³-hybridized carbons (Fsp3) is 0.550. The van der Waals surface area contributed by atoms with E-state index in [9.17, 15) is 9.59 Å². The van der Waals surface area contributed by atoms with Crippen molar-refractivity contribution in [3.63, 3.8) is 0 Å². The molecule has 9 heteroatoms. The molecule has 9 nitrogen and oxygen atoms in total. The number of fused-ring (bicyclic) bond motifs is 1. The lowest BCUT2D eigenvalue weighted by Gasteiger charge is -2.30. The Morgan fingerprint density at radius 1 is 1.03 bits per heavy atom. The van der Waals surface area contributed by atoms with Gasteiger partial charge in [0.15, 0.2) is 5.65 Å². The van der Waals surface area contributed by atoms with Crippen molar-refractivity contribution < 1.29 is 0 Å². The zero-order chi connectivity index (χ0) is 20.1. The topological polar surface area (TPSA) is 99.6 Å². The van der Waals surface area contributed by atoms with E-state index in [1.807, 2.05) is 6.07 Å². The number of aryl methyl sites for hydroxylation is 1. The van der Waals surface area contributed by atoms with Gasteiger partial charge < -0.3 is 5.32 Å². The first-order chi connectivity index (χ1) is 14.0. The fourth-order valence-electron chi connectivity index (χ4n) is 4.24. The van der Waals surface area contributed by atoms with E-state index >= 15 is 0 Å². The molecule has 0 bridgehead atoms. The molecule has 2 aliphatic carbocycles. The van der Waals surface area contributed by atoms with Gasteiger partial charge in [0.05, 0.1) is 17.9 Å². The summed E-state index contributed by atoms with van der Waals surface area (Å²) in [5.41, 5.74) is 1.51. The highest BCUT2D eigenvalue weighted by atomic mass is 16.1. The van der Waals surface area contributed by atoms with Gasteiger partial charge in [-0.15, -0.1) is 0 Å². The summed E-state index contributed by atoms with van der Waals surface area (Å²) in [6, 6.07) is 3.88. The minimum atomic E-state index is -0.105. The van der Waals surface area contributed by atoms with Gasteiger partial charge in [-0.1, -0.05) is 0 Å². The monoisotopic (exact) mass is 395 g/mol. The van der Waals surface area contributed by atoms with E-state index in [4.69, 9.17) is 0 Å². The third-order valence-corrected chi connectivity index (χ3v) is 6.19. The predicted octanol–water partition coefficient (Wildman–Crippen LogP) is 1.70. The standard InChI is InChI=1S/C20H25N7O2/c1-25-19(29)15-11-21-26(2)18(15)23-20(25)22-13-5-7-14(8-6-13)27-17(28)10-9-16(24-27)12-3-4-12/h9-14H,3-8H2,1-2H3,(H,22,23). The Kier molecular flexibility index (Phi) is 4.25. The summed E-state index contributed by atoms with van der Waals surface area (Å²) in [4.78, 5) is 29.5. The molecule has 0 spiro atoms. The second-order valence-corrected chi connectivity index (χ2v) is 8.27. The summed E-state index contributed by atoms with van der Waals surface area (Å²) in [6.45, 7) is 0. The summed E-state index contributed by atoms with van der Waals surface area (Å²) >= 11 is 0. The van der Waals surface area contributed by atoms with E-state index in [0.29, 0.717) is 22.9 Å². The van der Waals surface area contributed by atoms with Crippen LogP contribution in [0.3, 0.4) is 0 Å². The van der Waals surface area contributed by atoms with E-state index in [2.05, 4.69) is 20.5 Å². The van der Waals surface area contributed by atoms with E-state index in [0.717, 1.165) is 31.4 Å². The van der Waals surface area contributed by atoms with E-state index < -0.39 is 0 Å². The van der Waals surface area contributed by atoms with Crippen LogP contribution in [0.15, 0.2) is 27.9 Å². The van der Waals surface area contributed by atoms with Crippen LogP contribution in [0.4, 0.5) is 5.95 Å². The van der Waals surface area contributed by atoms with Crippen molar-refractivity contribution in [3.05, 3.63) is 44.7 Å². The zero-order valence-corrected chi connectivity index (χ0v) is 16.7. The van der Waals surface area contributed by atoms with E-state index in [1.165, 1.54) is 12.8 Å². The van der Waals surface area contributed by atoms with Gasteiger partial charge in [0.25, 0.3) is 11.1 Å². The van der Waals surface area contributed by atoms with Crippen LogP contribution in [-0.4, -0.2) is 35.2 Å². The second kappa shape index (κ2) is 6.82. The van der Waals surface area contributed by atoms with Gasteiger partial charge in [-0.25, -0.2) is 4.68 Å². The van der Waals surface area contributed by atoms with Crippen molar-refractivity contribution in [2.45, 2.75) is 56.5 Å². The third kappa shape index (κ3) is 3.24. The molecule has 5 rings (SSSR count). The first-order valence-electron chi connectivity index (χ1n) is 10.3. The molecule has 0 atom stereocenters. The molecule has 2 aliphatic rings. The third-order valence-electron chi connectivity index (χ3n) is 6.19. The fourth-order valence-corrected chi connectivity index (χ4v) is 4.24. The van der Waals surface area contributed by atoms with Crippen molar-refractivity contribution >= 4 is 17.0 Å². The molecule has 0 radical (unpaired) electrons. The lowest BCUT2D eigenvalue weighted by atomic mass is 9.91. The van der Waals surface area contributed by atoms with Crippen LogP contribution in [0.5, 0.6) is 0 Å². The summed E-state index contributed by atoms with van der Waals surface area (Å²) in [5.74, 6) is 1.09. The van der Waals surface area contributed by atoms with Gasteiger partial charge in [-0.3, -0.25) is 18.8 Å². The number of nitrogens with one attached hydrogen (secondary N) is 1. The molecular weight excluding hydrogens is 370 g/mol. The zero-order valence-electron chi connectivity index (χ0n) is 16.7. The van der Waals surface area contributed by atoms with Crippen LogP contribution in [-0.2, 0) is 14.1 Å². The van der Waals surface area contributed by atoms with Crippen LogP contribution < -0.4 is 16.4 Å². The van der Waals surface area contributed by atoms with Crippen molar-refractivity contribution in [1.82, 2.24) is 29.1 Å². The largest absolute Gasteiger partial charge is 0.353 e. The first-order valence-corrected chi connectivity index (χ1v) is 10.3. The molecule has 0 aromatic carbocycles. The molecule has 2 fully saturated rings. The summed E-state index contributed by atoms with van der Waals surface area (Å²) in [7, 11) is 3.51. The highest BCUT2D eigenvalue weighted by molar-refractivity contribution is 5.74. The highest BCUT2D eigenvalue weighted by Gasteiger charge is 2.28. The molecule has 0 saturated heterocycles. The Morgan fingerprint density at radius 3 is 2.52 bits per heavy atom. The number of rotatable bonds is 4. The van der Waals surface area contributed by atoms with E-state index in [1.54, 1.807) is 40.3 Å². The van der Waals surface area contributed by atoms with Crippen LogP contribution in [0.25, 0.3) is 11.0 Å². The minimum Gasteiger partial charge on any atom is -0.353 e. The van der Waals surface area contributed by atoms with Crippen LogP contribution >= 0.6 is 0 Å². The molecule has 3 heterocycles. The smallest absolute Gasteiger partial charge is 0.267 e. The maximum Gasteiger partial charge on any atom is 0.267 e. The summed E-state index contributed by atoms with van der Waals surface area (Å²) < 4.78 is 4.85. The Morgan fingerprint density at radius 2 is 1.79 bits per heavy atom. The maximum absolute atomic E-state index is 12.6. The van der Waals surface area contributed by atoms with Gasteiger partial charge in [-0.05, 0) is 44.6 Å². The summed E-state index contributed by atoms with van der Waals surface area (Å²) in [6.07, 6.45) is 7.45. The molecular formula is C20H25N7O2. The number of aromatic nitrogens is 6. The molecule has 3 aromatic heterocycles. The predicted molar refractivity (Wildman–Crippen MR) is 109 cm³/mol. The molecule has 0 unspecified atom stereocenters. The Labute approximate surface area is 167 Å².